The van der Waals surface area contributed by atoms with Gasteiger partial charge in [-0.25, -0.2) is 4.90 Å². The Kier molecular flexibility index (Phi) is 4.36. The van der Waals surface area contributed by atoms with E-state index in [4.69, 9.17) is 0 Å². The summed E-state index contributed by atoms with van der Waals surface area (Å²) in [5.41, 5.74) is 2.93. The van der Waals surface area contributed by atoms with Gasteiger partial charge in [-0.05, 0) is 35.4 Å². The standard InChI is InChI=1S/C26H20N4O3/c31-24(28-17-10-3-1-4-11-17)23-21-20(22-19-14-8-7-9-16(19)15-27-30(22)23)25(32)29(26(21)33)18-12-5-2-6-13-18/h1-15,20-23H,(H,28,31)/t20-,21+,22-,23-/m0/s1. The Hall–Kier alpha value is -4.26. The summed E-state index contributed by atoms with van der Waals surface area (Å²) in [7, 11) is 0. The fourth-order valence-electron chi connectivity index (χ4n) is 5.24. The SMILES string of the molecule is O=C(Nc1ccccc1)[C@@H]1[C@@H]2C(=O)N(c3ccccc3)C(=O)[C@@H]2[C@@H]2c3ccccc3C=NN12. The lowest BCUT2D eigenvalue weighted by Crippen LogP contribution is -2.46. The van der Waals surface area contributed by atoms with E-state index in [2.05, 4.69) is 10.4 Å². The third-order valence-electron chi connectivity index (χ3n) is 6.62. The summed E-state index contributed by atoms with van der Waals surface area (Å²) in [4.78, 5) is 42.1. The van der Waals surface area contributed by atoms with Gasteiger partial charge in [-0.15, -0.1) is 0 Å². The van der Waals surface area contributed by atoms with Gasteiger partial charge in [0.25, 0.3) is 0 Å². The van der Waals surface area contributed by atoms with E-state index in [1.165, 1.54) is 4.90 Å². The molecule has 0 saturated carbocycles. The molecule has 4 atom stereocenters. The van der Waals surface area contributed by atoms with Crippen LogP contribution in [0.2, 0.25) is 0 Å². The highest BCUT2D eigenvalue weighted by atomic mass is 16.2. The maximum Gasteiger partial charge on any atom is 0.249 e. The topological polar surface area (TPSA) is 82.1 Å². The molecule has 162 valence electrons. The smallest absolute Gasteiger partial charge is 0.249 e. The van der Waals surface area contributed by atoms with Crippen molar-refractivity contribution in [2.45, 2.75) is 12.1 Å². The van der Waals surface area contributed by atoms with Crippen molar-refractivity contribution < 1.29 is 14.4 Å². The number of nitrogens with one attached hydrogen (secondary N) is 1. The number of amides is 3. The molecule has 0 unspecified atom stereocenters. The van der Waals surface area contributed by atoms with E-state index >= 15 is 0 Å². The van der Waals surface area contributed by atoms with Crippen LogP contribution in [0.3, 0.4) is 0 Å². The Morgan fingerprint density at radius 1 is 0.788 bits per heavy atom. The Balaban J connectivity index is 1.45. The summed E-state index contributed by atoms with van der Waals surface area (Å²) in [6, 6.07) is 24.2. The predicted molar refractivity (Wildman–Crippen MR) is 123 cm³/mol. The summed E-state index contributed by atoms with van der Waals surface area (Å²) in [5, 5.41) is 9.10. The van der Waals surface area contributed by atoms with Crippen molar-refractivity contribution in [2.75, 3.05) is 10.2 Å². The Labute approximate surface area is 190 Å². The molecule has 6 rings (SSSR count). The van der Waals surface area contributed by atoms with Crippen molar-refractivity contribution in [1.29, 1.82) is 0 Å². The molecule has 2 fully saturated rings. The van der Waals surface area contributed by atoms with Crippen LogP contribution in [-0.2, 0) is 14.4 Å². The highest BCUT2D eigenvalue weighted by Gasteiger charge is 2.65. The molecule has 3 aromatic carbocycles. The number of carbonyl (C=O) groups is 3. The predicted octanol–water partition coefficient (Wildman–Crippen LogP) is 3.20. The van der Waals surface area contributed by atoms with Gasteiger partial charge in [0.2, 0.25) is 17.7 Å². The van der Waals surface area contributed by atoms with Gasteiger partial charge in [-0.2, -0.15) is 5.10 Å². The highest BCUT2D eigenvalue weighted by molar-refractivity contribution is 6.24. The van der Waals surface area contributed by atoms with Gasteiger partial charge >= 0.3 is 0 Å². The maximum atomic E-state index is 13.7. The van der Waals surface area contributed by atoms with E-state index in [9.17, 15) is 14.4 Å². The summed E-state index contributed by atoms with van der Waals surface area (Å²) < 4.78 is 0. The van der Waals surface area contributed by atoms with Gasteiger partial charge < -0.3 is 5.32 Å². The molecule has 3 aromatic rings. The zero-order chi connectivity index (χ0) is 22.5. The number of hydrogen-bond acceptors (Lipinski definition) is 5. The molecule has 2 saturated heterocycles. The lowest BCUT2D eigenvalue weighted by molar-refractivity contribution is -0.129. The van der Waals surface area contributed by atoms with Crippen LogP contribution < -0.4 is 10.2 Å². The van der Waals surface area contributed by atoms with E-state index in [-0.39, 0.29) is 17.7 Å². The van der Waals surface area contributed by atoms with Crippen molar-refractivity contribution in [3.8, 4) is 0 Å². The molecule has 0 aromatic heterocycles. The monoisotopic (exact) mass is 436 g/mol. The average molecular weight is 436 g/mol. The number of benzene rings is 3. The zero-order valence-electron chi connectivity index (χ0n) is 17.5. The molecule has 0 bridgehead atoms. The van der Waals surface area contributed by atoms with Gasteiger partial charge in [0.05, 0.1) is 29.8 Å². The van der Waals surface area contributed by atoms with Gasteiger partial charge in [0.15, 0.2) is 0 Å². The molecule has 3 aliphatic heterocycles. The largest absolute Gasteiger partial charge is 0.324 e. The first-order valence-electron chi connectivity index (χ1n) is 10.8. The van der Waals surface area contributed by atoms with Crippen LogP contribution >= 0.6 is 0 Å². The fraction of sp³-hybridized carbons (Fsp3) is 0.154. The fourth-order valence-corrected chi connectivity index (χ4v) is 5.24. The highest BCUT2D eigenvalue weighted by Crippen LogP contribution is 2.52. The maximum absolute atomic E-state index is 13.7. The second kappa shape index (κ2) is 7.41. The van der Waals surface area contributed by atoms with Crippen molar-refractivity contribution in [1.82, 2.24) is 5.01 Å². The molecule has 0 aliphatic carbocycles. The number of anilines is 2. The minimum atomic E-state index is -0.907. The zero-order valence-corrected chi connectivity index (χ0v) is 17.5. The Morgan fingerprint density at radius 3 is 2.18 bits per heavy atom. The van der Waals surface area contributed by atoms with E-state index in [1.807, 2.05) is 48.5 Å². The molecule has 7 heteroatoms. The Morgan fingerprint density at radius 2 is 1.42 bits per heavy atom. The van der Waals surface area contributed by atoms with E-state index < -0.39 is 23.9 Å². The average Bonchev–Trinajstić information content (AvgIpc) is 3.33. The second-order valence-corrected chi connectivity index (χ2v) is 8.40. The summed E-state index contributed by atoms with van der Waals surface area (Å²) in [6.07, 6.45) is 1.69. The summed E-state index contributed by atoms with van der Waals surface area (Å²) >= 11 is 0. The molecular weight excluding hydrogens is 416 g/mol. The minimum absolute atomic E-state index is 0.298. The van der Waals surface area contributed by atoms with Crippen LogP contribution in [0.25, 0.3) is 0 Å². The number of fused-ring (bicyclic) bond motifs is 5. The van der Waals surface area contributed by atoms with Gasteiger partial charge in [0, 0.05) is 5.69 Å². The molecule has 3 amide bonds. The number of imide groups is 1. The number of hydrazone groups is 1. The van der Waals surface area contributed by atoms with Crippen molar-refractivity contribution in [2.24, 2.45) is 16.9 Å². The number of carbonyl (C=O) groups excluding carboxylic acids is 3. The molecule has 7 nitrogen and oxygen atoms in total. The number of para-hydroxylation sites is 2. The molecule has 1 N–H and O–H groups in total. The van der Waals surface area contributed by atoms with Crippen molar-refractivity contribution >= 4 is 35.3 Å². The number of nitrogens with zero attached hydrogens (tertiary/aromatic N) is 3. The van der Waals surface area contributed by atoms with Crippen LogP contribution in [0.4, 0.5) is 11.4 Å². The van der Waals surface area contributed by atoms with Crippen molar-refractivity contribution in [3.05, 3.63) is 96.1 Å². The van der Waals surface area contributed by atoms with Gasteiger partial charge in [-0.3, -0.25) is 19.4 Å². The van der Waals surface area contributed by atoms with Gasteiger partial charge in [0.1, 0.15) is 6.04 Å². The molecule has 3 heterocycles. The number of hydrogen-bond donors (Lipinski definition) is 1. The molecule has 0 spiro atoms. The normalized spacial score (nSPS) is 25.0. The third-order valence-corrected chi connectivity index (χ3v) is 6.62. The lowest BCUT2D eigenvalue weighted by atomic mass is 9.85. The third kappa shape index (κ3) is 2.89. The van der Waals surface area contributed by atoms with Crippen LogP contribution in [-0.4, -0.2) is 35.0 Å². The van der Waals surface area contributed by atoms with E-state index in [0.717, 1.165) is 11.1 Å². The van der Waals surface area contributed by atoms with Crippen molar-refractivity contribution in [3.63, 3.8) is 0 Å². The number of rotatable bonds is 3. The van der Waals surface area contributed by atoms with E-state index in [0.29, 0.717) is 11.4 Å². The molecule has 33 heavy (non-hydrogen) atoms. The van der Waals surface area contributed by atoms with Crippen LogP contribution in [0, 0.1) is 11.8 Å². The van der Waals surface area contributed by atoms with Gasteiger partial charge in [-0.1, -0.05) is 60.7 Å². The van der Waals surface area contributed by atoms with Crippen LogP contribution in [0.5, 0.6) is 0 Å². The minimum Gasteiger partial charge on any atom is -0.324 e. The molecule has 3 aliphatic rings. The second-order valence-electron chi connectivity index (χ2n) is 8.40. The summed E-state index contributed by atoms with van der Waals surface area (Å²) in [5.74, 6) is -2.57. The molecular formula is C26H20N4O3. The van der Waals surface area contributed by atoms with Crippen LogP contribution in [0.15, 0.2) is 90.0 Å². The Bertz CT molecular complexity index is 1290. The lowest BCUT2D eigenvalue weighted by Gasteiger charge is -2.33. The quantitative estimate of drug-likeness (QED) is 0.640. The summed E-state index contributed by atoms with van der Waals surface area (Å²) in [6.45, 7) is 0. The van der Waals surface area contributed by atoms with E-state index in [1.54, 1.807) is 47.6 Å². The first-order chi connectivity index (χ1) is 16.1. The first kappa shape index (κ1) is 19.4. The molecule has 0 radical (unpaired) electrons. The van der Waals surface area contributed by atoms with Crippen LogP contribution in [0.1, 0.15) is 17.2 Å². The first-order valence-corrected chi connectivity index (χ1v) is 10.8.